The van der Waals surface area contributed by atoms with Gasteiger partial charge in [0.15, 0.2) is 0 Å². The molecule has 1 heterocycles. The Balaban J connectivity index is 1.66. The summed E-state index contributed by atoms with van der Waals surface area (Å²) in [6.45, 7) is 9.01. The van der Waals surface area contributed by atoms with Crippen LogP contribution in [-0.4, -0.2) is 52.6 Å². The lowest BCUT2D eigenvalue weighted by Crippen LogP contribution is -2.57. The van der Waals surface area contributed by atoms with E-state index in [1.54, 1.807) is 13.0 Å². The fourth-order valence-electron chi connectivity index (χ4n) is 3.90. The lowest BCUT2D eigenvalue weighted by molar-refractivity contribution is -0.139. The summed E-state index contributed by atoms with van der Waals surface area (Å²) in [7, 11) is -1.52. The number of esters is 1. The zero-order chi connectivity index (χ0) is 22.5. The number of rotatable bonds is 7. The topological polar surface area (TPSA) is 49.9 Å². The van der Waals surface area contributed by atoms with Crippen LogP contribution in [-0.2, 0) is 26.9 Å². The number of carbonyl (C=O) groups is 1. The van der Waals surface area contributed by atoms with Gasteiger partial charge in [-0.3, -0.25) is 13.9 Å². The smallest absolute Gasteiger partial charge is 0.318 e. The molecule has 0 aliphatic carbocycles. The van der Waals surface area contributed by atoms with Crippen molar-refractivity contribution in [3.8, 4) is 0 Å². The number of nitrogens with zero attached hydrogens (tertiary/aromatic N) is 2. The predicted octanol–water partition coefficient (Wildman–Crippen LogP) is 4.76. The van der Waals surface area contributed by atoms with Gasteiger partial charge in [-0.15, -0.1) is 0 Å². The Labute approximate surface area is 196 Å². The molecule has 1 aliphatic rings. The van der Waals surface area contributed by atoms with Crippen LogP contribution in [0, 0.1) is 0 Å². The van der Waals surface area contributed by atoms with Crippen LogP contribution in [0.4, 0.5) is 5.69 Å². The highest BCUT2D eigenvalue weighted by molar-refractivity contribution is 7.85. The number of hydrogen-bond acceptors (Lipinski definition) is 5. The average Bonchev–Trinajstić information content (AvgIpc) is 2.71. The van der Waals surface area contributed by atoms with E-state index in [9.17, 15) is 9.00 Å². The Morgan fingerprint density at radius 1 is 1.13 bits per heavy atom. The van der Waals surface area contributed by atoms with E-state index in [-0.39, 0.29) is 12.4 Å². The predicted molar refractivity (Wildman–Crippen MR) is 127 cm³/mol. The average molecular weight is 483 g/mol. The first-order valence-corrected chi connectivity index (χ1v) is 12.5. The maximum absolute atomic E-state index is 12.4. The highest BCUT2D eigenvalue weighted by atomic mass is 35.5. The number of hydrogen-bond donors (Lipinski definition) is 0. The third-order valence-electron chi connectivity index (χ3n) is 5.72. The van der Waals surface area contributed by atoms with E-state index >= 15 is 0 Å². The molecule has 31 heavy (non-hydrogen) atoms. The monoisotopic (exact) mass is 482 g/mol. The summed E-state index contributed by atoms with van der Waals surface area (Å²) < 4.78 is 17.3. The van der Waals surface area contributed by atoms with Gasteiger partial charge in [-0.1, -0.05) is 35.3 Å². The summed E-state index contributed by atoms with van der Waals surface area (Å²) in [5.41, 5.74) is 2.19. The molecular weight excluding hydrogens is 455 g/mol. The van der Waals surface area contributed by atoms with Gasteiger partial charge in [-0.2, -0.15) is 0 Å². The van der Waals surface area contributed by atoms with Crippen molar-refractivity contribution in [3.63, 3.8) is 0 Å². The van der Waals surface area contributed by atoms with Crippen molar-refractivity contribution < 1.29 is 13.7 Å². The fourth-order valence-corrected chi connectivity index (χ4v) is 5.50. The van der Waals surface area contributed by atoms with Crippen LogP contribution in [0.1, 0.15) is 26.3 Å². The van der Waals surface area contributed by atoms with E-state index in [1.807, 2.05) is 30.3 Å². The maximum atomic E-state index is 12.4. The molecule has 2 aromatic carbocycles. The van der Waals surface area contributed by atoms with Crippen LogP contribution in [0.15, 0.2) is 47.4 Å². The summed E-state index contributed by atoms with van der Waals surface area (Å²) >= 11 is 12.6. The molecule has 1 fully saturated rings. The molecule has 0 radical (unpaired) electrons. The first kappa shape index (κ1) is 24.1. The molecule has 0 aromatic heterocycles. The van der Waals surface area contributed by atoms with Gasteiger partial charge in [0.05, 0.1) is 27.3 Å². The lowest BCUT2D eigenvalue weighted by atomic mass is 10.0. The molecule has 5 nitrogen and oxygen atoms in total. The Bertz CT molecular complexity index is 956. The molecule has 1 aliphatic heterocycles. The fraction of sp³-hybridized carbons (Fsp3) is 0.435. The van der Waals surface area contributed by atoms with Crippen molar-refractivity contribution in [2.75, 3.05) is 30.3 Å². The summed E-state index contributed by atoms with van der Waals surface area (Å²) in [5, 5.41) is 1.16. The second-order valence-corrected chi connectivity index (χ2v) is 9.95. The Hall–Kier alpha value is -1.60. The third kappa shape index (κ3) is 6.01. The van der Waals surface area contributed by atoms with Gasteiger partial charge in [-0.05, 0) is 56.7 Å². The van der Waals surface area contributed by atoms with Crippen molar-refractivity contribution in [2.24, 2.45) is 0 Å². The van der Waals surface area contributed by atoms with Gasteiger partial charge in [0.2, 0.25) is 0 Å². The van der Waals surface area contributed by atoms with Crippen LogP contribution in [0.2, 0.25) is 10.0 Å². The zero-order valence-corrected chi connectivity index (χ0v) is 20.3. The van der Waals surface area contributed by atoms with Crippen molar-refractivity contribution in [2.45, 2.75) is 44.3 Å². The Morgan fingerprint density at radius 3 is 2.58 bits per heavy atom. The standard InChI is InChI=1S/C23H28Cl2N2O3S/c1-4-30-23(28)15-31(29)22-9-8-18(12-21(22)25)14-26-10-11-27(17(3)16(26)2)20-7-5-6-19(24)13-20/h5-9,12-13,16-17H,4,10-11,14-15H2,1-3H3. The van der Waals surface area contributed by atoms with Crippen LogP contribution < -0.4 is 4.90 Å². The van der Waals surface area contributed by atoms with Gasteiger partial charge < -0.3 is 9.64 Å². The molecule has 1 saturated heterocycles. The van der Waals surface area contributed by atoms with Crippen LogP contribution in [0.3, 0.4) is 0 Å². The zero-order valence-electron chi connectivity index (χ0n) is 18.0. The normalized spacial score (nSPS) is 20.5. The number of ether oxygens (including phenoxy) is 1. The quantitative estimate of drug-likeness (QED) is 0.532. The molecule has 3 atom stereocenters. The first-order valence-electron chi connectivity index (χ1n) is 10.4. The van der Waals surface area contributed by atoms with Crippen LogP contribution in [0.25, 0.3) is 0 Å². The highest BCUT2D eigenvalue weighted by Gasteiger charge is 2.31. The van der Waals surface area contributed by atoms with Gasteiger partial charge >= 0.3 is 5.97 Å². The van der Waals surface area contributed by atoms with Gasteiger partial charge in [0.1, 0.15) is 5.75 Å². The summed E-state index contributed by atoms with van der Waals surface area (Å²) in [6.07, 6.45) is 0. The summed E-state index contributed by atoms with van der Waals surface area (Å²) in [4.78, 5) is 16.9. The molecule has 0 N–H and O–H groups in total. The molecular formula is C23H28Cl2N2O3S. The third-order valence-corrected chi connectivity index (χ3v) is 7.72. The Morgan fingerprint density at radius 2 is 1.90 bits per heavy atom. The molecule has 2 aromatic rings. The van der Waals surface area contributed by atoms with E-state index in [1.165, 1.54) is 0 Å². The van der Waals surface area contributed by atoms with E-state index in [0.29, 0.717) is 22.0 Å². The first-order chi connectivity index (χ1) is 14.8. The summed E-state index contributed by atoms with van der Waals surface area (Å²) in [6, 6.07) is 14.2. The van der Waals surface area contributed by atoms with Crippen molar-refractivity contribution >= 4 is 45.7 Å². The van der Waals surface area contributed by atoms with Crippen molar-refractivity contribution in [1.82, 2.24) is 4.90 Å². The minimum Gasteiger partial charge on any atom is -0.465 e. The van der Waals surface area contributed by atoms with Gasteiger partial charge in [-0.25, -0.2) is 0 Å². The Kier molecular flexibility index (Phi) is 8.39. The summed E-state index contributed by atoms with van der Waals surface area (Å²) in [5.74, 6) is -0.672. The van der Waals surface area contributed by atoms with Crippen molar-refractivity contribution in [3.05, 3.63) is 58.1 Å². The molecule has 3 rings (SSSR count). The number of halogens is 2. The molecule has 0 spiro atoms. The molecule has 8 heteroatoms. The lowest BCUT2D eigenvalue weighted by Gasteiger charge is -2.46. The highest BCUT2D eigenvalue weighted by Crippen LogP contribution is 2.28. The molecule has 3 unspecified atom stereocenters. The molecule has 168 valence electrons. The van der Waals surface area contributed by atoms with E-state index < -0.39 is 16.8 Å². The van der Waals surface area contributed by atoms with E-state index in [4.69, 9.17) is 27.9 Å². The van der Waals surface area contributed by atoms with Crippen LogP contribution >= 0.6 is 23.2 Å². The number of piperazine rings is 1. The molecule has 0 saturated carbocycles. The largest absolute Gasteiger partial charge is 0.465 e. The maximum Gasteiger partial charge on any atom is 0.318 e. The minimum absolute atomic E-state index is 0.188. The van der Waals surface area contributed by atoms with Gasteiger partial charge in [0, 0.05) is 42.4 Å². The van der Waals surface area contributed by atoms with Crippen LogP contribution in [0.5, 0.6) is 0 Å². The van der Waals surface area contributed by atoms with Gasteiger partial charge in [0.25, 0.3) is 0 Å². The van der Waals surface area contributed by atoms with E-state index in [0.717, 1.165) is 35.9 Å². The number of benzene rings is 2. The second kappa shape index (κ2) is 10.8. The number of anilines is 1. The number of carbonyl (C=O) groups excluding carboxylic acids is 1. The van der Waals surface area contributed by atoms with Crippen molar-refractivity contribution in [1.29, 1.82) is 0 Å². The minimum atomic E-state index is -1.52. The molecule has 0 amide bonds. The SMILES string of the molecule is CCOC(=O)CS(=O)c1ccc(CN2CCN(c3cccc(Cl)c3)C(C)C2C)cc1Cl. The van der Waals surface area contributed by atoms with E-state index in [2.05, 4.69) is 29.7 Å². The molecule has 0 bridgehead atoms. The second-order valence-electron chi connectivity index (χ2n) is 7.68.